The zero-order chi connectivity index (χ0) is 11.7. The fourth-order valence-corrected chi connectivity index (χ4v) is 3.67. The summed E-state index contributed by atoms with van der Waals surface area (Å²) in [6.07, 6.45) is 8.53. The average Bonchev–Trinajstić information content (AvgIpc) is 3.23. The molecule has 0 aromatic rings. The molecular weight excluding hydrogens is 210 g/mol. The Kier molecular flexibility index (Phi) is 3.69. The maximum absolute atomic E-state index is 3.47. The van der Waals surface area contributed by atoms with Crippen LogP contribution in [0.3, 0.4) is 0 Å². The number of nitrogens with one attached hydrogen (secondary N) is 1. The molecule has 1 aliphatic heterocycles. The summed E-state index contributed by atoms with van der Waals surface area (Å²) in [7, 11) is 2.12. The molecular formula is C14H27N3. The molecule has 2 aliphatic carbocycles. The van der Waals surface area contributed by atoms with Gasteiger partial charge in [-0.25, -0.2) is 0 Å². The van der Waals surface area contributed by atoms with Gasteiger partial charge in [0, 0.05) is 44.3 Å². The molecule has 0 bridgehead atoms. The lowest BCUT2D eigenvalue weighted by atomic mass is 9.89. The fraction of sp³-hybridized carbons (Fsp3) is 1.00. The van der Waals surface area contributed by atoms with Crippen LogP contribution in [0.1, 0.15) is 38.5 Å². The van der Waals surface area contributed by atoms with Crippen molar-refractivity contribution in [1.82, 2.24) is 15.1 Å². The molecule has 1 unspecified atom stereocenters. The van der Waals surface area contributed by atoms with Crippen molar-refractivity contribution in [1.29, 1.82) is 0 Å². The third-order valence-corrected chi connectivity index (χ3v) is 4.98. The Morgan fingerprint density at radius 2 is 1.47 bits per heavy atom. The summed E-state index contributed by atoms with van der Waals surface area (Å²) in [6.45, 7) is 5.28. The summed E-state index contributed by atoms with van der Waals surface area (Å²) in [5.41, 5.74) is 0. The number of rotatable bonds is 3. The maximum Gasteiger partial charge on any atom is 0.0113 e. The van der Waals surface area contributed by atoms with Gasteiger partial charge in [-0.3, -0.25) is 9.80 Å². The third kappa shape index (κ3) is 2.83. The molecule has 0 spiro atoms. The Balaban J connectivity index is 1.48. The summed E-state index contributed by atoms with van der Waals surface area (Å²) < 4.78 is 0. The molecule has 1 N–H and O–H groups in total. The van der Waals surface area contributed by atoms with Crippen molar-refractivity contribution in [2.24, 2.45) is 0 Å². The SMILES string of the molecule is CNC1CCC[C@H](N2CCN(C3CC3)CC2)C1. The van der Waals surface area contributed by atoms with E-state index in [0.717, 1.165) is 18.1 Å². The molecule has 3 fully saturated rings. The van der Waals surface area contributed by atoms with Gasteiger partial charge in [0.15, 0.2) is 0 Å². The van der Waals surface area contributed by atoms with Crippen LogP contribution in [0.5, 0.6) is 0 Å². The molecule has 0 radical (unpaired) electrons. The summed E-state index contributed by atoms with van der Waals surface area (Å²) in [6, 6.07) is 2.60. The van der Waals surface area contributed by atoms with Gasteiger partial charge in [-0.15, -0.1) is 0 Å². The molecule has 0 aromatic heterocycles. The van der Waals surface area contributed by atoms with Gasteiger partial charge in [-0.05, 0) is 39.2 Å². The number of piperazine rings is 1. The predicted octanol–water partition coefficient (Wildman–Crippen LogP) is 1.30. The largest absolute Gasteiger partial charge is 0.317 e. The van der Waals surface area contributed by atoms with Gasteiger partial charge < -0.3 is 5.32 Å². The van der Waals surface area contributed by atoms with E-state index in [-0.39, 0.29) is 0 Å². The first kappa shape index (κ1) is 11.9. The lowest BCUT2D eigenvalue weighted by molar-refractivity contribution is 0.0691. The number of nitrogens with zero attached hydrogens (tertiary/aromatic N) is 2. The molecule has 2 saturated carbocycles. The van der Waals surface area contributed by atoms with Crippen LogP contribution < -0.4 is 5.32 Å². The molecule has 3 aliphatic rings. The van der Waals surface area contributed by atoms with Gasteiger partial charge in [-0.2, -0.15) is 0 Å². The highest BCUT2D eigenvalue weighted by Gasteiger charge is 2.33. The highest BCUT2D eigenvalue weighted by atomic mass is 15.3. The summed E-state index contributed by atoms with van der Waals surface area (Å²) in [4.78, 5) is 5.48. The second-order valence-electron chi connectivity index (χ2n) is 6.11. The molecule has 3 heteroatoms. The minimum absolute atomic E-state index is 0.773. The average molecular weight is 237 g/mol. The predicted molar refractivity (Wildman–Crippen MR) is 71.3 cm³/mol. The first-order valence-corrected chi connectivity index (χ1v) is 7.52. The van der Waals surface area contributed by atoms with E-state index >= 15 is 0 Å². The first-order chi connectivity index (χ1) is 8.36. The van der Waals surface area contributed by atoms with Crippen molar-refractivity contribution in [3.05, 3.63) is 0 Å². The van der Waals surface area contributed by atoms with Crippen LogP contribution in [0.25, 0.3) is 0 Å². The van der Waals surface area contributed by atoms with E-state index < -0.39 is 0 Å². The lowest BCUT2D eigenvalue weighted by Crippen LogP contribution is -2.53. The zero-order valence-corrected chi connectivity index (χ0v) is 11.2. The van der Waals surface area contributed by atoms with Crippen LogP contribution in [0.4, 0.5) is 0 Å². The Morgan fingerprint density at radius 3 is 2.06 bits per heavy atom. The van der Waals surface area contributed by atoms with Crippen molar-refractivity contribution >= 4 is 0 Å². The molecule has 0 aromatic carbocycles. The molecule has 17 heavy (non-hydrogen) atoms. The molecule has 98 valence electrons. The van der Waals surface area contributed by atoms with E-state index in [4.69, 9.17) is 0 Å². The van der Waals surface area contributed by atoms with E-state index in [0.29, 0.717) is 0 Å². The molecule has 2 atom stereocenters. The van der Waals surface area contributed by atoms with Crippen molar-refractivity contribution in [2.75, 3.05) is 33.2 Å². The lowest BCUT2D eigenvalue weighted by Gasteiger charge is -2.42. The maximum atomic E-state index is 3.47. The standard InChI is InChI=1S/C14H27N3/c1-15-12-3-2-4-14(11-12)17-9-7-16(8-10-17)13-5-6-13/h12-15H,2-11H2,1H3/t12?,14-/m0/s1. The summed E-state index contributed by atoms with van der Waals surface area (Å²) in [5.74, 6) is 0. The summed E-state index contributed by atoms with van der Waals surface area (Å²) in [5, 5.41) is 3.47. The van der Waals surface area contributed by atoms with E-state index in [1.165, 1.54) is 64.7 Å². The second-order valence-corrected chi connectivity index (χ2v) is 6.11. The Bertz CT molecular complexity index is 244. The monoisotopic (exact) mass is 237 g/mol. The Morgan fingerprint density at radius 1 is 0.824 bits per heavy atom. The van der Waals surface area contributed by atoms with Crippen molar-refractivity contribution in [3.63, 3.8) is 0 Å². The Hall–Kier alpha value is -0.120. The van der Waals surface area contributed by atoms with Crippen molar-refractivity contribution < 1.29 is 0 Å². The molecule has 3 rings (SSSR count). The molecule has 1 saturated heterocycles. The van der Waals surface area contributed by atoms with Gasteiger partial charge in [0.05, 0.1) is 0 Å². The number of hydrogen-bond acceptors (Lipinski definition) is 3. The highest BCUT2D eigenvalue weighted by Crippen LogP contribution is 2.29. The number of hydrogen-bond donors (Lipinski definition) is 1. The Labute approximate surface area is 106 Å². The van der Waals surface area contributed by atoms with E-state index in [1.54, 1.807) is 0 Å². The zero-order valence-electron chi connectivity index (χ0n) is 11.2. The third-order valence-electron chi connectivity index (χ3n) is 4.98. The van der Waals surface area contributed by atoms with Gasteiger partial charge in [0.25, 0.3) is 0 Å². The van der Waals surface area contributed by atoms with Gasteiger partial charge >= 0.3 is 0 Å². The van der Waals surface area contributed by atoms with E-state index in [2.05, 4.69) is 22.2 Å². The molecule has 3 nitrogen and oxygen atoms in total. The minimum atomic E-state index is 0.773. The first-order valence-electron chi connectivity index (χ1n) is 7.52. The van der Waals surface area contributed by atoms with Gasteiger partial charge in [0.2, 0.25) is 0 Å². The van der Waals surface area contributed by atoms with Crippen LogP contribution in [-0.2, 0) is 0 Å². The molecule has 1 heterocycles. The van der Waals surface area contributed by atoms with Crippen LogP contribution in [-0.4, -0.2) is 61.2 Å². The molecule has 0 amide bonds. The van der Waals surface area contributed by atoms with Crippen LogP contribution in [0.15, 0.2) is 0 Å². The normalized spacial score (nSPS) is 37.2. The van der Waals surface area contributed by atoms with E-state index in [9.17, 15) is 0 Å². The second kappa shape index (κ2) is 5.25. The van der Waals surface area contributed by atoms with Crippen molar-refractivity contribution in [3.8, 4) is 0 Å². The van der Waals surface area contributed by atoms with Gasteiger partial charge in [0.1, 0.15) is 0 Å². The minimum Gasteiger partial charge on any atom is -0.317 e. The van der Waals surface area contributed by atoms with Crippen molar-refractivity contribution in [2.45, 2.75) is 56.7 Å². The summed E-state index contributed by atoms with van der Waals surface area (Å²) >= 11 is 0. The highest BCUT2D eigenvalue weighted by molar-refractivity contribution is 4.90. The smallest absolute Gasteiger partial charge is 0.0113 e. The van der Waals surface area contributed by atoms with Crippen LogP contribution >= 0.6 is 0 Å². The topological polar surface area (TPSA) is 18.5 Å². The van der Waals surface area contributed by atoms with Crippen LogP contribution in [0, 0.1) is 0 Å². The quantitative estimate of drug-likeness (QED) is 0.798. The van der Waals surface area contributed by atoms with Crippen LogP contribution in [0.2, 0.25) is 0 Å². The van der Waals surface area contributed by atoms with Gasteiger partial charge in [-0.1, -0.05) is 6.42 Å². The van der Waals surface area contributed by atoms with E-state index in [1.807, 2.05) is 0 Å². The fourth-order valence-electron chi connectivity index (χ4n) is 3.67.